The van der Waals surface area contributed by atoms with Crippen molar-refractivity contribution in [3.8, 4) is 5.88 Å². The van der Waals surface area contributed by atoms with E-state index in [1.165, 1.54) is 0 Å². The predicted octanol–water partition coefficient (Wildman–Crippen LogP) is 5.33. The molecule has 1 saturated heterocycles. The van der Waals surface area contributed by atoms with Crippen LogP contribution in [0.3, 0.4) is 0 Å². The van der Waals surface area contributed by atoms with E-state index in [9.17, 15) is 18.0 Å². The van der Waals surface area contributed by atoms with Crippen LogP contribution >= 0.6 is 0 Å². The molecule has 0 bridgehead atoms. The Hall–Kier alpha value is -2.06. The van der Waals surface area contributed by atoms with Crippen LogP contribution < -0.4 is 4.74 Å². The second-order valence-corrected chi connectivity index (χ2v) is 6.52. The molecule has 0 spiro atoms. The third kappa shape index (κ3) is 8.75. The summed E-state index contributed by atoms with van der Waals surface area (Å²) in [6.45, 7) is 14.0. The van der Waals surface area contributed by atoms with Crippen molar-refractivity contribution >= 4 is 6.09 Å². The number of halogens is 3. The van der Waals surface area contributed by atoms with Crippen LogP contribution in [0.1, 0.15) is 67.0 Å². The van der Waals surface area contributed by atoms with E-state index in [2.05, 4.69) is 9.97 Å². The van der Waals surface area contributed by atoms with Crippen molar-refractivity contribution in [1.29, 1.82) is 0 Å². The smallest absolute Gasteiger partial charge is 0.434 e. The number of carbonyl (C=O) groups excluding carboxylic acids is 1. The lowest BCUT2D eigenvalue weighted by Crippen LogP contribution is -2.42. The maximum atomic E-state index is 12.4. The number of amides is 1. The van der Waals surface area contributed by atoms with Gasteiger partial charge in [-0.1, -0.05) is 27.7 Å². The average Bonchev–Trinajstić information content (AvgIpc) is 3.10. The summed E-state index contributed by atoms with van der Waals surface area (Å²) in [5.41, 5.74) is -1.67. The summed E-state index contributed by atoms with van der Waals surface area (Å²) in [5, 5.41) is 0. The molecule has 0 radical (unpaired) electrons. The van der Waals surface area contributed by atoms with Crippen molar-refractivity contribution in [1.82, 2.24) is 14.9 Å². The van der Waals surface area contributed by atoms with Gasteiger partial charge in [0.15, 0.2) is 5.69 Å². The highest BCUT2D eigenvalue weighted by Crippen LogP contribution is 2.27. The molecule has 1 unspecified atom stereocenters. The third-order valence-corrected chi connectivity index (χ3v) is 3.35. The minimum absolute atomic E-state index is 0.0148. The lowest BCUT2D eigenvalue weighted by molar-refractivity contribution is -0.141. The molecule has 1 fully saturated rings. The van der Waals surface area contributed by atoms with Crippen molar-refractivity contribution in [3.63, 3.8) is 0 Å². The Morgan fingerprint density at radius 3 is 2.21 bits per heavy atom. The lowest BCUT2D eigenvalue weighted by Gasteiger charge is -2.28. The average molecular weight is 407 g/mol. The van der Waals surface area contributed by atoms with Gasteiger partial charge in [0.05, 0.1) is 18.4 Å². The Labute approximate surface area is 165 Å². The molecular formula is C19H32F3N3O3. The summed E-state index contributed by atoms with van der Waals surface area (Å²) < 4.78 is 48.0. The zero-order valence-corrected chi connectivity index (χ0v) is 17.8. The zero-order chi connectivity index (χ0) is 22.0. The fourth-order valence-corrected chi connectivity index (χ4v) is 2.29. The van der Waals surface area contributed by atoms with E-state index < -0.39 is 23.6 Å². The molecule has 0 saturated carbocycles. The van der Waals surface area contributed by atoms with Crippen LogP contribution in [0.2, 0.25) is 0 Å². The molecule has 0 aliphatic carbocycles. The molecular weight excluding hydrogens is 375 g/mol. The van der Waals surface area contributed by atoms with Crippen molar-refractivity contribution < 1.29 is 27.4 Å². The van der Waals surface area contributed by atoms with Gasteiger partial charge < -0.3 is 14.4 Å². The highest BCUT2D eigenvalue weighted by molar-refractivity contribution is 5.69. The van der Waals surface area contributed by atoms with Crippen LogP contribution in [0.25, 0.3) is 0 Å². The van der Waals surface area contributed by atoms with E-state index in [1.807, 2.05) is 27.7 Å². The number of hydrogen-bond acceptors (Lipinski definition) is 5. The number of hydrogen-bond donors (Lipinski definition) is 0. The van der Waals surface area contributed by atoms with Crippen LogP contribution in [0.15, 0.2) is 12.4 Å². The van der Waals surface area contributed by atoms with Crippen LogP contribution in [-0.4, -0.2) is 45.8 Å². The zero-order valence-electron chi connectivity index (χ0n) is 17.8. The summed E-state index contributed by atoms with van der Waals surface area (Å²) in [6, 6.07) is -0.205. The molecule has 1 aliphatic rings. The van der Waals surface area contributed by atoms with Gasteiger partial charge in [0.25, 0.3) is 0 Å². The van der Waals surface area contributed by atoms with Crippen molar-refractivity contribution in [2.24, 2.45) is 0 Å². The number of likely N-dealkylation sites (tertiary alicyclic amines) is 1. The fourth-order valence-electron chi connectivity index (χ4n) is 2.29. The normalized spacial score (nSPS) is 16.4. The van der Waals surface area contributed by atoms with Gasteiger partial charge in [0, 0.05) is 6.54 Å². The minimum atomic E-state index is -4.54. The molecule has 2 heterocycles. The first-order valence-corrected chi connectivity index (χ1v) is 9.58. The Bertz CT molecular complexity index is 573. The highest BCUT2D eigenvalue weighted by Gasteiger charge is 2.34. The minimum Gasteiger partial charge on any atom is -0.474 e. The predicted molar refractivity (Wildman–Crippen MR) is 101 cm³/mol. The quantitative estimate of drug-likeness (QED) is 0.678. The molecule has 28 heavy (non-hydrogen) atoms. The summed E-state index contributed by atoms with van der Waals surface area (Å²) in [6.07, 6.45) is -1.87. The number of carbonyl (C=O) groups is 1. The Morgan fingerprint density at radius 1 is 1.14 bits per heavy atom. The molecule has 1 aromatic rings. The monoisotopic (exact) mass is 407 g/mol. The molecule has 0 N–H and O–H groups in total. The largest absolute Gasteiger partial charge is 0.474 e. The van der Waals surface area contributed by atoms with E-state index >= 15 is 0 Å². The number of aromatic nitrogens is 2. The number of nitrogens with zero attached hydrogens (tertiary/aromatic N) is 3. The molecule has 1 aliphatic heterocycles. The Balaban J connectivity index is 0.00000171. The van der Waals surface area contributed by atoms with Gasteiger partial charge in [-0.25, -0.2) is 14.8 Å². The Morgan fingerprint density at radius 2 is 1.75 bits per heavy atom. The maximum Gasteiger partial charge on any atom is 0.434 e. The number of rotatable bonds is 3. The molecule has 162 valence electrons. The van der Waals surface area contributed by atoms with Crippen LogP contribution in [-0.2, 0) is 10.9 Å². The van der Waals surface area contributed by atoms with Gasteiger partial charge in [-0.3, -0.25) is 0 Å². The van der Waals surface area contributed by atoms with Crippen molar-refractivity contribution in [3.05, 3.63) is 18.1 Å². The molecule has 1 atom stereocenters. The Kier molecular flexibility index (Phi) is 10.8. The van der Waals surface area contributed by atoms with E-state index in [0.717, 1.165) is 19.0 Å². The lowest BCUT2D eigenvalue weighted by atomic mass is 10.2. The van der Waals surface area contributed by atoms with Gasteiger partial charge in [0.1, 0.15) is 12.2 Å². The van der Waals surface area contributed by atoms with E-state index in [1.54, 1.807) is 25.7 Å². The SMILES string of the molecule is CC.CC.CC(C)(C)OC(=O)N1CCCC1COc1cnc(C(F)(F)F)cn1. The summed E-state index contributed by atoms with van der Waals surface area (Å²) in [5.74, 6) is -0.0148. The first kappa shape index (κ1) is 25.9. The summed E-state index contributed by atoms with van der Waals surface area (Å²) in [7, 11) is 0. The molecule has 1 aromatic heterocycles. The van der Waals surface area contributed by atoms with Gasteiger partial charge >= 0.3 is 12.3 Å². The van der Waals surface area contributed by atoms with Crippen molar-refractivity contribution in [2.45, 2.75) is 79.1 Å². The second kappa shape index (κ2) is 11.7. The third-order valence-electron chi connectivity index (χ3n) is 3.35. The van der Waals surface area contributed by atoms with Crippen LogP contribution in [0.4, 0.5) is 18.0 Å². The molecule has 9 heteroatoms. The second-order valence-electron chi connectivity index (χ2n) is 6.52. The molecule has 6 nitrogen and oxygen atoms in total. The van der Waals surface area contributed by atoms with Gasteiger partial charge in [-0.15, -0.1) is 0 Å². The summed E-state index contributed by atoms with van der Waals surface area (Å²) in [4.78, 5) is 20.6. The van der Waals surface area contributed by atoms with E-state index in [0.29, 0.717) is 12.7 Å². The van der Waals surface area contributed by atoms with Crippen LogP contribution in [0.5, 0.6) is 5.88 Å². The fraction of sp³-hybridized carbons (Fsp3) is 0.737. The van der Waals surface area contributed by atoms with Crippen molar-refractivity contribution in [2.75, 3.05) is 13.2 Å². The summed E-state index contributed by atoms with van der Waals surface area (Å²) >= 11 is 0. The van der Waals surface area contributed by atoms with Gasteiger partial charge in [-0.05, 0) is 33.6 Å². The first-order chi connectivity index (χ1) is 13.1. The molecule has 1 amide bonds. The maximum absolute atomic E-state index is 12.4. The van der Waals surface area contributed by atoms with Gasteiger partial charge in [-0.2, -0.15) is 13.2 Å². The number of ether oxygens (including phenoxy) is 2. The molecule has 2 rings (SSSR count). The first-order valence-electron chi connectivity index (χ1n) is 9.58. The topological polar surface area (TPSA) is 64.5 Å². The molecule has 0 aromatic carbocycles. The van der Waals surface area contributed by atoms with Gasteiger partial charge in [0.2, 0.25) is 5.88 Å². The van der Waals surface area contributed by atoms with E-state index in [-0.39, 0.29) is 18.5 Å². The van der Waals surface area contributed by atoms with Crippen LogP contribution in [0, 0.1) is 0 Å². The number of alkyl halides is 3. The standard InChI is InChI=1S/C15H20F3N3O3.2C2H6/c1-14(2,3)24-13(22)21-6-4-5-10(21)9-23-12-8-19-11(7-20-12)15(16,17)18;2*1-2/h7-8,10H,4-6,9H2,1-3H3;2*1-2H3. The van der Waals surface area contributed by atoms with E-state index in [4.69, 9.17) is 9.47 Å². The highest BCUT2D eigenvalue weighted by atomic mass is 19.4.